The third kappa shape index (κ3) is 4.83. The first-order chi connectivity index (χ1) is 17.3. The van der Waals surface area contributed by atoms with Crippen molar-refractivity contribution in [2.45, 2.75) is 20.5 Å². The molecule has 9 nitrogen and oxygen atoms in total. The van der Waals surface area contributed by atoms with E-state index in [2.05, 4.69) is 16.1 Å². The summed E-state index contributed by atoms with van der Waals surface area (Å²) in [6, 6.07) is 18.3. The maximum absolute atomic E-state index is 12.6. The molecule has 1 aliphatic rings. The Balaban J connectivity index is 1.52. The van der Waals surface area contributed by atoms with E-state index in [1.54, 1.807) is 12.1 Å². The molecule has 0 radical (unpaired) electrons. The van der Waals surface area contributed by atoms with E-state index < -0.39 is 24.5 Å². The van der Waals surface area contributed by atoms with Crippen LogP contribution in [0.1, 0.15) is 28.1 Å². The Morgan fingerprint density at radius 3 is 2.53 bits per heavy atom. The Morgan fingerprint density at radius 1 is 1.11 bits per heavy atom. The summed E-state index contributed by atoms with van der Waals surface area (Å²) in [5, 5.41) is 11.7. The fourth-order valence-corrected chi connectivity index (χ4v) is 4.00. The molecule has 0 aliphatic carbocycles. The fourth-order valence-electron chi connectivity index (χ4n) is 4.00. The Morgan fingerprint density at radius 2 is 1.83 bits per heavy atom. The highest BCUT2D eigenvalue weighted by molar-refractivity contribution is 6.15. The number of urea groups is 1. The SMILES string of the molecule is COC(=O)CN1C(=O)N/C(=C/c2cc(C)n(-c3ccc(OCc4ccccc4C#N)cc3)c2C)C1=O. The van der Waals surface area contributed by atoms with E-state index in [0.29, 0.717) is 11.3 Å². The molecule has 3 aromatic rings. The van der Waals surface area contributed by atoms with Crippen LogP contribution < -0.4 is 10.1 Å². The van der Waals surface area contributed by atoms with E-state index in [4.69, 9.17) is 4.74 Å². The smallest absolute Gasteiger partial charge is 0.329 e. The molecule has 9 heteroatoms. The van der Waals surface area contributed by atoms with Crippen LogP contribution >= 0.6 is 0 Å². The number of carbonyl (C=O) groups excluding carboxylic acids is 3. The van der Waals surface area contributed by atoms with E-state index in [-0.39, 0.29) is 12.3 Å². The standard InChI is InChI=1S/C27H24N4O5/c1-17-12-21(13-24-26(33)30(27(34)29-24)15-25(32)35-3)18(2)31(17)22-8-10-23(11-9-22)36-16-20-7-5-4-6-19(20)14-28/h4-13H,15-16H2,1-3H3,(H,29,34)/b24-13+. The van der Waals surface area contributed by atoms with Crippen molar-refractivity contribution >= 4 is 24.0 Å². The van der Waals surface area contributed by atoms with Crippen molar-refractivity contribution in [3.63, 3.8) is 0 Å². The van der Waals surface area contributed by atoms with Crippen molar-refractivity contribution in [1.29, 1.82) is 5.26 Å². The van der Waals surface area contributed by atoms with Gasteiger partial charge in [0.15, 0.2) is 0 Å². The van der Waals surface area contributed by atoms with Crippen LogP contribution in [0.2, 0.25) is 0 Å². The zero-order valence-corrected chi connectivity index (χ0v) is 20.1. The van der Waals surface area contributed by atoms with Gasteiger partial charge in [-0.05, 0) is 61.9 Å². The highest BCUT2D eigenvalue weighted by Gasteiger charge is 2.35. The number of nitrogens with one attached hydrogen (secondary N) is 1. The maximum Gasteiger partial charge on any atom is 0.329 e. The maximum atomic E-state index is 12.6. The van der Waals surface area contributed by atoms with Crippen molar-refractivity contribution in [3.8, 4) is 17.5 Å². The Kier molecular flexibility index (Phi) is 6.88. The summed E-state index contributed by atoms with van der Waals surface area (Å²) in [5.74, 6) is -0.601. The van der Waals surface area contributed by atoms with Crippen LogP contribution in [0.15, 0.2) is 60.3 Å². The van der Waals surface area contributed by atoms with E-state index >= 15 is 0 Å². The van der Waals surface area contributed by atoms with Crippen molar-refractivity contribution in [2.24, 2.45) is 0 Å². The van der Waals surface area contributed by atoms with Crippen LogP contribution in [-0.4, -0.2) is 41.0 Å². The summed E-state index contributed by atoms with van der Waals surface area (Å²) in [6.45, 7) is 3.69. The molecule has 3 amide bonds. The van der Waals surface area contributed by atoms with E-state index in [1.807, 2.05) is 66.9 Å². The number of methoxy groups -OCH3 is 1. The molecule has 0 unspecified atom stereocenters. The van der Waals surface area contributed by atoms with Gasteiger partial charge < -0.3 is 19.4 Å². The summed E-state index contributed by atoms with van der Waals surface area (Å²) < 4.78 is 12.4. The monoisotopic (exact) mass is 484 g/mol. The summed E-state index contributed by atoms with van der Waals surface area (Å²) in [5.41, 5.74) is 4.94. The van der Waals surface area contributed by atoms with Crippen molar-refractivity contribution in [2.75, 3.05) is 13.7 Å². The quantitative estimate of drug-likeness (QED) is 0.311. The molecule has 0 saturated carbocycles. The summed E-state index contributed by atoms with van der Waals surface area (Å²) in [6.07, 6.45) is 1.60. The lowest BCUT2D eigenvalue weighted by Gasteiger charge is -2.12. The molecule has 1 aromatic heterocycles. The van der Waals surface area contributed by atoms with Crippen LogP contribution in [-0.2, 0) is 20.9 Å². The minimum absolute atomic E-state index is 0.0885. The van der Waals surface area contributed by atoms with Gasteiger partial charge in [-0.15, -0.1) is 0 Å². The summed E-state index contributed by atoms with van der Waals surface area (Å²) in [4.78, 5) is 37.1. The van der Waals surface area contributed by atoms with Gasteiger partial charge in [0.1, 0.15) is 24.6 Å². The summed E-state index contributed by atoms with van der Waals surface area (Å²) in [7, 11) is 1.19. The minimum atomic E-state index is -0.681. The number of hydrogen-bond donors (Lipinski definition) is 1. The highest BCUT2D eigenvalue weighted by atomic mass is 16.5. The lowest BCUT2D eigenvalue weighted by Crippen LogP contribution is -2.36. The van der Waals surface area contributed by atoms with Gasteiger partial charge in [-0.1, -0.05) is 18.2 Å². The number of benzene rings is 2. The Bertz CT molecular complexity index is 1410. The van der Waals surface area contributed by atoms with Gasteiger partial charge in [-0.25, -0.2) is 9.69 Å². The Labute approximate surface area is 208 Å². The second kappa shape index (κ2) is 10.2. The molecule has 1 fully saturated rings. The first-order valence-electron chi connectivity index (χ1n) is 11.1. The van der Waals surface area contributed by atoms with E-state index in [0.717, 1.165) is 33.1 Å². The van der Waals surface area contributed by atoms with Gasteiger partial charge in [-0.2, -0.15) is 5.26 Å². The molecule has 1 saturated heterocycles. The molecular weight excluding hydrogens is 460 g/mol. The molecule has 1 aliphatic heterocycles. The van der Waals surface area contributed by atoms with Crippen LogP contribution in [0.5, 0.6) is 5.75 Å². The molecule has 2 aromatic carbocycles. The normalized spacial score (nSPS) is 14.1. The number of ether oxygens (including phenoxy) is 2. The average Bonchev–Trinajstić information content (AvgIpc) is 3.31. The van der Waals surface area contributed by atoms with Crippen LogP contribution in [0, 0.1) is 25.2 Å². The minimum Gasteiger partial charge on any atom is -0.489 e. The highest BCUT2D eigenvalue weighted by Crippen LogP contribution is 2.25. The van der Waals surface area contributed by atoms with E-state index in [9.17, 15) is 19.6 Å². The second-order valence-corrected chi connectivity index (χ2v) is 8.17. The second-order valence-electron chi connectivity index (χ2n) is 8.17. The van der Waals surface area contributed by atoms with Crippen molar-refractivity contribution in [1.82, 2.24) is 14.8 Å². The molecule has 1 N–H and O–H groups in total. The van der Waals surface area contributed by atoms with Crippen LogP contribution in [0.25, 0.3) is 11.8 Å². The fraction of sp³-hybridized carbons (Fsp3) is 0.185. The number of nitrogens with zero attached hydrogens (tertiary/aromatic N) is 3. The molecule has 182 valence electrons. The van der Waals surface area contributed by atoms with Crippen LogP contribution in [0.3, 0.4) is 0 Å². The largest absolute Gasteiger partial charge is 0.489 e. The predicted molar refractivity (Wildman–Crippen MR) is 131 cm³/mol. The molecular formula is C27H24N4O5. The number of imide groups is 1. The number of nitriles is 1. The number of hydrogen-bond acceptors (Lipinski definition) is 6. The Hall–Kier alpha value is -4.84. The van der Waals surface area contributed by atoms with Crippen molar-refractivity contribution < 1.29 is 23.9 Å². The van der Waals surface area contributed by atoms with Gasteiger partial charge in [0.2, 0.25) is 0 Å². The number of aryl methyl sites for hydroxylation is 1. The lowest BCUT2D eigenvalue weighted by atomic mass is 10.1. The zero-order chi connectivity index (χ0) is 25.8. The van der Waals surface area contributed by atoms with Gasteiger partial charge in [0.05, 0.1) is 18.7 Å². The lowest BCUT2D eigenvalue weighted by molar-refractivity contribution is -0.143. The number of esters is 1. The third-order valence-electron chi connectivity index (χ3n) is 5.87. The number of rotatable bonds is 7. The summed E-state index contributed by atoms with van der Waals surface area (Å²) >= 11 is 0. The topological polar surface area (TPSA) is 114 Å². The molecule has 36 heavy (non-hydrogen) atoms. The third-order valence-corrected chi connectivity index (χ3v) is 5.87. The van der Waals surface area contributed by atoms with Crippen molar-refractivity contribution in [3.05, 3.63) is 88.4 Å². The van der Waals surface area contributed by atoms with Gasteiger partial charge in [0.25, 0.3) is 5.91 Å². The molecule has 0 spiro atoms. The molecule has 0 atom stereocenters. The molecule has 2 heterocycles. The van der Waals surface area contributed by atoms with Gasteiger partial charge in [0, 0.05) is 22.6 Å². The first kappa shape index (κ1) is 24.3. The number of carbonyl (C=O) groups is 3. The molecule has 0 bridgehead atoms. The van der Waals surface area contributed by atoms with Gasteiger partial charge in [-0.3, -0.25) is 9.59 Å². The average molecular weight is 485 g/mol. The van der Waals surface area contributed by atoms with Crippen LogP contribution in [0.4, 0.5) is 4.79 Å². The van der Waals surface area contributed by atoms with E-state index in [1.165, 1.54) is 7.11 Å². The zero-order valence-electron chi connectivity index (χ0n) is 20.1. The number of amides is 3. The molecule has 4 rings (SSSR count). The number of aromatic nitrogens is 1. The first-order valence-corrected chi connectivity index (χ1v) is 11.1. The predicted octanol–water partition coefficient (Wildman–Crippen LogP) is 3.61. The van der Waals surface area contributed by atoms with Gasteiger partial charge >= 0.3 is 12.0 Å².